The molecule has 1 heterocycles. The Bertz CT molecular complexity index is 476. The molecule has 0 atom stereocenters. The Hall–Kier alpha value is -2.18. The number of pyridine rings is 1. The van der Waals surface area contributed by atoms with Gasteiger partial charge in [0.05, 0.1) is 18.2 Å². The van der Waals surface area contributed by atoms with E-state index in [9.17, 15) is 19.7 Å². The third kappa shape index (κ3) is 2.01. The monoisotopic (exact) mass is 212 g/mol. The fourth-order valence-corrected chi connectivity index (χ4v) is 1.03. The van der Waals surface area contributed by atoms with Crippen LogP contribution in [0, 0.1) is 10.1 Å². The van der Waals surface area contributed by atoms with E-state index in [4.69, 9.17) is 0 Å². The van der Waals surface area contributed by atoms with E-state index in [1.807, 2.05) is 0 Å². The van der Waals surface area contributed by atoms with Crippen molar-refractivity contribution < 1.29 is 14.5 Å². The lowest BCUT2D eigenvalue weighted by Crippen LogP contribution is -2.19. The molecule has 0 bridgehead atoms. The molecule has 1 rings (SSSR count). The van der Waals surface area contributed by atoms with Crippen LogP contribution in [-0.4, -0.2) is 22.6 Å². The third-order valence-electron chi connectivity index (χ3n) is 1.81. The first-order valence-corrected chi connectivity index (χ1v) is 3.90. The summed E-state index contributed by atoms with van der Waals surface area (Å²) in [6.45, 7) is 0. The largest absolute Gasteiger partial charge is 0.465 e. The van der Waals surface area contributed by atoms with E-state index in [1.165, 1.54) is 7.05 Å². The zero-order valence-electron chi connectivity index (χ0n) is 8.09. The number of aryl methyl sites for hydroxylation is 1. The van der Waals surface area contributed by atoms with Gasteiger partial charge in [-0.2, -0.15) is 0 Å². The molecule has 0 radical (unpaired) electrons. The molecule has 0 aliphatic rings. The number of nitro groups is 1. The van der Waals surface area contributed by atoms with Crippen LogP contribution in [0.3, 0.4) is 0 Å². The Kier molecular flexibility index (Phi) is 2.84. The summed E-state index contributed by atoms with van der Waals surface area (Å²) >= 11 is 0. The number of aromatic nitrogens is 1. The number of rotatable bonds is 2. The van der Waals surface area contributed by atoms with Gasteiger partial charge in [0.2, 0.25) is 0 Å². The maximum atomic E-state index is 11.2. The fourth-order valence-electron chi connectivity index (χ4n) is 1.03. The van der Waals surface area contributed by atoms with Crippen molar-refractivity contribution in [2.75, 3.05) is 7.11 Å². The van der Waals surface area contributed by atoms with E-state index < -0.39 is 22.1 Å². The van der Waals surface area contributed by atoms with Gasteiger partial charge in [-0.05, 0) is 0 Å². The molecule has 0 aliphatic heterocycles. The predicted octanol–water partition coefficient (Wildman–Crippen LogP) is 0.0801. The standard InChI is InChI=1S/C8H8N2O5/c1-9-4-6(10(13)14)5(3-7(9)11)8(12)15-2/h3-4H,1-2H3. The Morgan fingerprint density at radius 3 is 2.67 bits per heavy atom. The van der Waals surface area contributed by atoms with Crippen LogP contribution < -0.4 is 5.56 Å². The van der Waals surface area contributed by atoms with Gasteiger partial charge in [-0.25, -0.2) is 4.79 Å². The lowest BCUT2D eigenvalue weighted by atomic mass is 10.2. The van der Waals surface area contributed by atoms with Gasteiger partial charge in [0.15, 0.2) is 0 Å². The highest BCUT2D eigenvalue weighted by molar-refractivity contribution is 5.93. The number of hydrogen-bond acceptors (Lipinski definition) is 5. The number of carbonyl (C=O) groups is 1. The van der Waals surface area contributed by atoms with Crippen molar-refractivity contribution in [2.45, 2.75) is 0 Å². The molecule has 0 N–H and O–H groups in total. The zero-order valence-corrected chi connectivity index (χ0v) is 8.09. The molecular formula is C8H8N2O5. The topological polar surface area (TPSA) is 91.4 Å². The van der Waals surface area contributed by atoms with Crippen LogP contribution >= 0.6 is 0 Å². The van der Waals surface area contributed by atoms with E-state index in [0.717, 1.165) is 23.9 Å². The molecule has 1 aromatic rings. The number of ether oxygens (including phenoxy) is 1. The molecule has 80 valence electrons. The molecule has 0 aromatic carbocycles. The van der Waals surface area contributed by atoms with Gasteiger partial charge in [-0.1, -0.05) is 0 Å². The summed E-state index contributed by atoms with van der Waals surface area (Å²) in [7, 11) is 2.44. The quantitative estimate of drug-likeness (QED) is 0.393. The van der Waals surface area contributed by atoms with Gasteiger partial charge in [-0.3, -0.25) is 14.9 Å². The van der Waals surface area contributed by atoms with Crippen LogP contribution in [0.5, 0.6) is 0 Å². The Balaban J connectivity index is 3.48. The summed E-state index contributed by atoms with van der Waals surface area (Å²) < 4.78 is 5.35. The summed E-state index contributed by atoms with van der Waals surface area (Å²) in [6.07, 6.45) is 0.981. The van der Waals surface area contributed by atoms with Crippen molar-refractivity contribution in [3.05, 3.63) is 38.3 Å². The van der Waals surface area contributed by atoms with Crippen LogP contribution in [0.25, 0.3) is 0 Å². The third-order valence-corrected chi connectivity index (χ3v) is 1.81. The van der Waals surface area contributed by atoms with E-state index in [1.54, 1.807) is 0 Å². The molecule has 0 fully saturated rings. The maximum Gasteiger partial charge on any atom is 0.345 e. The Morgan fingerprint density at radius 2 is 2.20 bits per heavy atom. The first kappa shape index (κ1) is 10.9. The number of esters is 1. The van der Waals surface area contributed by atoms with Gasteiger partial charge in [0, 0.05) is 13.1 Å². The first-order valence-electron chi connectivity index (χ1n) is 3.90. The van der Waals surface area contributed by atoms with Gasteiger partial charge in [0.1, 0.15) is 5.56 Å². The van der Waals surface area contributed by atoms with Crippen LogP contribution in [-0.2, 0) is 11.8 Å². The van der Waals surface area contributed by atoms with Crippen LogP contribution in [0.15, 0.2) is 17.1 Å². The molecule has 0 amide bonds. The second-order valence-electron chi connectivity index (χ2n) is 2.77. The fraction of sp³-hybridized carbons (Fsp3) is 0.250. The van der Waals surface area contributed by atoms with Crippen molar-refractivity contribution in [2.24, 2.45) is 7.05 Å². The van der Waals surface area contributed by atoms with E-state index in [2.05, 4.69) is 4.74 Å². The van der Waals surface area contributed by atoms with E-state index >= 15 is 0 Å². The molecular weight excluding hydrogens is 204 g/mol. The van der Waals surface area contributed by atoms with Crippen molar-refractivity contribution in [3.63, 3.8) is 0 Å². The number of methoxy groups -OCH3 is 1. The Morgan fingerprint density at radius 1 is 1.60 bits per heavy atom. The van der Waals surface area contributed by atoms with Crippen LogP contribution in [0.1, 0.15) is 10.4 Å². The van der Waals surface area contributed by atoms with E-state index in [0.29, 0.717) is 0 Å². The summed E-state index contributed by atoms with van der Waals surface area (Å²) in [5, 5.41) is 10.6. The van der Waals surface area contributed by atoms with Gasteiger partial charge >= 0.3 is 5.97 Å². The molecule has 7 nitrogen and oxygen atoms in total. The maximum absolute atomic E-state index is 11.2. The highest BCUT2D eigenvalue weighted by Gasteiger charge is 2.22. The van der Waals surface area contributed by atoms with Gasteiger partial charge in [-0.15, -0.1) is 0 Å². The highest BCUT2D eigenvalue weighted by atomic mass is 16.6. The molecule has 15 heavy (non-hydrogen) atoms. The van der Waals surface area contributed by atoms with Crippen molar-refractivity contribution in [3.8, 4) is 0 Å². The molecule has 0 saturated heterocycles. The smallest absolute Gasteiger partial charge is 0.345 e. The van der Waals surface area contributed by atoms with Crippen LogP contribution in [0.2, 0.25) is 0 Å². The average Bonchev–Trinajstić information content (AvgIpc) is 2.20. The summed E-state index contributed by atoms with van der Waals surface area (Å²) in [6, 6.07) is 0.879. The average molecular weight is 212 g/mol. The Labute approximate surface area is 84.0 Å². The van der Waals surface area contributed by atoms with Crippen LogP contribution in [0.4, 0.5) is 5.69 Å². The number of hydrogen-bond donors (Lipinski definition) is 0. The SMILES string of the molecule is COC(=O)c1cc(=O)n(C)cc1[N+](=O)[O-]. The van der Waals surface area contributed by atoms with E-state index in [-0.39, 0.29) is 5.56 Å². The lowest BCUT2D eigenvalue weighted by Gasteiger charge is -2.02. The molecule has 1 aromatic heterocycles. The highest BCUT2D eigenvalue weighted by Crippen LogP contribution is 2.15. The summed E-state index contributed by atoms with van der Waals surface area (Å²) in [4.78, 5) is 32.1. The molecule has 0 aliphatic carbocycles. The van der Waals surface area contributed by atoms with Crippen molar-refractivity contribution >= 4 is 11.7 Å². The van der Waals surface area contributed by atoms with Crippen molar-refractivity contribution in [1.29, 1.82) is 0 Å². The zero-order chi connectivity index (χ0) is 11.6. The second-order valence-corrected chi connectivity index (χ2v) is 2.77. The normalized spacial score (nSPS) is 9.73. The van der Waals surface area contributed by atoms with Gasteiger partial charge < -0.3 is 9.30 Å². The number of carbonyl (C=O) groups excluding carboxylic acids is 1. The first-order chi connectivity index (χ1) is 6.97. The van der Waals surface area contributed by atoms with Crippen molar-refractivity contribution in [1.82, 2.24) is 4.57 Å². The van der Waals surface area contributed by atoms with Gasteiger partial charge in [0.25, 0.3) is 11.2 Å². The molecule has 0 spiro atoms. The summed E-state index contributed by atoms with van der Waals surface area (Å²) in [5.41, 5.74) is -1.31. The molecule has 0 unspecified atom stereocenters. The number of nitrogens with zero attached hydrogens (tertiary/aromatic N) is 2. The molecule has 7 heteroatoms. The summed E-state index contributed by atoms with van der Waals surface area (Å²) in [5.74, 6) is -0.903. The minimum Gasteiger partial charge on any atom is -0.465 e. The second kappa shape index (κ2) is 3.91. The minimum absolute atomic E-state index is 0.342. The lowest BCUT2D eigenvalue weighted by molar-refractivity contribution is -0.385. The minimum atomic E-state index is -0.903. The predicted molar refractivity (Wildman–Crippen MR) is 49.7 cm³/mol. The molecule has 0 saturated carbocycles.